The number of benzene rings is 2. The molecule has 8 nitrogen and oxygen atoms in total. The number of fused-ring (bicyclic) bond motifs is 1. The van der Waals surface area contributed by atoms with Gasteiger partial charge in [-0.2, -0.15) is 8.42 Å². The molecule has 1 fully saturated rings. The zero-order valence-electron chi connectivity index (χ0n) is 15.3. The second-order valence-corrected chi connectivity index (χ2v) is 8.22. The molecule has 0 radical (unpaired) electrons. The molecule has 3 aromatic rings. The van der Waals surface area contributed by atoms with Crippen LogP contribution in [0.3, 0.4) is 0 Å². The van der Waals surface area contributed by atoms with Crippen molar-refractivity contribution in [2.45, 2.75) is 11.4 Å². The highest BCUT2D eigenvalue weighted by Crippen LogP contribution is 2.17. The van der Waals surface area contributed by atoms with Crippen molar-refractivity contribution in [2.75, 3.05) is 26.2 Å². The second-order valence-electron chi connectivity index (χ2n) is 6.88. The maximum Gasteiger partial charge on any atom is 0.417 e. The van der Waals surface area contributed by atoms with Crippen LogP contribution in [0.1, 0.15) is 15.9 Å². The number of aromatic amines is 1. The fraction of sp³-hybridized carbons (Fsp3) is 0.263. The van der Waals surface area contributed by atoms with Gasteiger partial charge >= 0.3 is 16.0 Å². The highest BCUT2D eigenvalue weighted by Gasteiger charge is 2.23. The molecular weight excluding hydrogens is 401 g/mol. The molecule has 0 spiro atoms. The quantitative estimate of drug-likeness (QED) is 0.646. The van der Waals surface area contributed by atoms with Crippen LogP contribution in [0, 0.1) is 0 Å². The third-order valence-electron chi connectivity index (χ3n) is 4.94. The normalized spacial score (nSPS) is 15.7. The monoisotopic (exact) mass is 419 g/mol. The minimum Gasteiger partial charge on any atom is -0.408 e. The number of amides is 1. The Balaban J connectivity index is 1.37. The van der Waals surface area contributed by atoms with Crippen molar-refractivity contribution in [1.82, 2.24) is 14.8 Å². The summed E-state index contributed by atoms with van der Waals surface area (Å²) in [6.07, 6.45) is 0. The lowest BCUT2D eigenvalue weighted by molar-refractivity contribution is 0.0628. The average Bonchev–Trinajstić information content (AvgIpc) is 3.07. The summed E-state index contributed by atoms with van der Waals surface area (Å²) in [7, 11) is -4.69. The Bertz CT molecular complexity index is 1210. The molecule has 1 aliphatic rings. The number of hydrogen-bond acceptors (Lipinski definition) is 6. The first-order valence-corrected chi connectivity index (χ1v) is 10.4. The van der Waals surface area contributed by atoms with Crippen molar-refractivity contribution >= 4 is 27.2 Å². The smallest absolute Gasteiger partial charge is 0.408 e. The van der Waals surface area contributed by atoms with E-state index in [0.717, 1.165) is 5.56 Å². The SMILES string of the molecule is O=C(c1ccc2[nH]c(=O)oc2c1)N1CCN(Cc2ccc(S(=O)(=O)F)cc2)CC1. The first kappa shape index (κ1) is 19.3. The van der Waals surface area contributed by atoms with E-state index in [1.54, 1.807) is 35.2 Å². The van der Waals surface area contributed by atoms with Crippen LogP contribution in [-0.4, -0.2) is 55.3 Å². The number of halogens is 1. The molecule has 152 valence electrons. The van der Waals surface area contributed by atoms with Crippen LogP contribution >= 0.6 is 0 Å². The molecule has 4 rings (SSSR count). The summed E-state index contributed by atoms with van der Waals surface area (Å²) < 4.78 is 39.7. The van der Waals surface area contributed by atoms with Gasteiger partial charge in [0.1, 0.15) is 0 Å². The van der Waals surface area contributed by atoms with E-state index >= 15 is 0 Å². The largest absolute Gasteiger partial charge is 0.417 e. The molecular formula is C19H18FN3O5S. The van der Waals surface area contributed by atoms with Gasteiger partial charge in [0.05, 0.1) is 10.4 Å². The molecule has 10 heteroatoms. The molecule has 2 heterocycles. The fourth-order valence-electron chi connectivity index (χ4n) is 3.39. The van der Waals surface area contributed by atoms with Gasteiger partial charge in [-0.25, -0.2) is 4.79 Å². The number of aromatic nitrogens is 1. The summed E-state index contributed by atoms with van der Waals surface area (Å²) in [5.74, 6) is -0.691. The maximum atomic E-state index is 13.0. The topological polar surface area (TPSA) is 104 Å². The van der Waals surface area contributed by atoms with Crippen LogP contribution in [-0.2, 0) is 16.8 Å². The van der Waals surface area contributed by atoms with Gasteiger partial charge in [-0.3, -0.25) is 14.7 Å². The van der Waals surface area contributed by atoms with Crippen molar-refractivity contribution in [2.24, 2.45) is 0 Å². The van der Waals surface area contributed by atoms with Gasteiger partial charge in [0.15, 0.2) is 5.58 Å². The number of hydrogen-bond donors (Lipinski definition) is 1. The molecule has 0 aliphatic carbocycles. The summed E-state index contributed by atoms with van der Waals surface area (Å²) >= 11 is 0. The Morgan fingerprint density at radius 1 is 1.07 bits per heavy atom. The summed E-state index contributed by atoms with van der Waals surface area (Å²) in [5.41, 5.74) is 2.21. The zero-order chi connectivity index (χ0) is 20.6. The van der Waals surface area contributed by atoms with Gasteiger partial charge in [0.25, 0.3) is 5.91 Å². The van der Waals surface area contributed by atoms with Crippen molar-refractivity contribution in [3.63, 3.8) is 0 Å². The number of nitrogens with one attached hydrogen (secondary N) is 1. The molecule has 1 saturated heterocycles. The first-order chi connectivity index (χ1) is 13.8. The lowest BCUT2D eigenvalue weighted by Gasteiger charge is -2.34. The Kier molecular flexibility index (Phi) is 4.97. The van der Waals surface area contributed by atoms with Crippen molar-refractivity contribution in [3.05, 3.63) is 64.1 Å². The highest BCUT2D eigenvalue weighted by molar-refractivity contribution is 7.86. The second kappa shape index (κ2) is 7.45. The molecule has 1 aliphatic heterocycles. The Labute approximate surface area is 165 Å². The summed E-state index contributed by atoms with van der Waals surface area (Å²) in [4.78, 5) is 30.0. The number of nitrogens with zero attached hydrogens (tertiary/aromatic N) is 2. The van der Waals surface area contributed by atoms with E-state index in [9.17, 15) is 21.9 Å². The third-order valence-corrected chi connectivity index (χ3v) is 5.77. The molecule has 0 unspecified atom stereocenters. The van der Waals surface area contributed by atoms with Gasteiger partial charge in [-0.05, 0) is 35.9 Å². The van der Waals surface area contributed by atoms with Gasteiger partial charge in [-0.15, -0.1) is 3.89 Å². The molecule has 1 amide bonds. The molecule has 1 N–H and O–H groups in total. The van der Waals surface area contributed by atoms with Crippen molar-refractivity contribution < 1.29 is 21.5 Å². The van der Waals surface area contributed by atoms with E-state index in [-0.39, 0.29) is 10.8 Å². The first-order valence-electron chi connectivity index (χ1n) is 8.98. The van der Waals surface area contributed by atoms with Crippen LogP contribution in [0.15, 0.2) is 56.6 Å². The molecule has 0 saturated carbocycles. The van der Waals surface area contributed by atoms with Crippen LogP contribution in [0.4, 0.5) is 3.89 Å². The van der Waals surface area contributed by atoms with Gasteiger partial charge in [-0.1, -0.05) is 12.1 Å². The van der Waals surface area contributed by atoms with E-state index in [1.807, 2.05) is 0 Å². The number of H-pyrrole nitrogens is 1. The molecule has 0 bridgehead atoms. The average molecular weight is 419 g/mol. The van der Waals surface area contributed by atoms with E-state index in [4.69, 9.17) is 4.42 Å². The Morgan fingerprint density at radius 3 is 2.41 bits per heavy atom. The van der Waals surface area contributed by atoms with Crippen LogP contribution < -0.4 is 5.76 Å². The van der Waals surface area contributed by atoms with E-state index in [0.29, 0.717) is 49.4 Å². The number of piperazine rings is 1. The molecule has 1 aromatic heterocycles. The summed E-state index contributed by atoms with van der Waals surface area (Å²) in [5, 5.41) is 0. The van der Waals surface area contributed by atoms with Gasteiger partial charge in [0.2, 0.25) is 0 Å². The lowest BCUT2D eigenvalue weighted by atomic mass is 10.1. The van der Waals surface area contributed by atoms with Crippen LogP contribution in [0.5, 0.6) is 0 Å². The molecule has 0 atom stereocenters. The summed E-state index contributed by atoms with van der Waals surface area (Å²) in [6, 6.07) is 10.5. The number of carbonyl (C=O) groups excluding carboxylic acids is 1. The number of rotatable bonds is 4. The number of oxazole rings is 1. The highest BCUT2D eigenvalue weighted by atomic mass is 32.3. The van der Waals surface area contributed by atoms with E-state index < -0.39 is 16.0 Å². The summed E-state index contributed by atoms with van der Waals surface area (Å²) in [6.45, 7) is 2.94. The maximum absolute atomic E-state index is 13.0. The van der Waals surface area contributed by atoms with Crippen LogP contribution in [0.25, 0.3) is 11.1 Å². The minimum absolute atomic E-state index is 0.132. The fourth-order valence-corrected chi connectivity index (χ4v) is 3.85. The van der Waals surface area contributed by atoms with Gasteiger partial charge < -0.3 is 9.32 Å². The van der Waals surface area contributed by atoms with E-state index in [1.165, 1.54) is 12.1 Å². The number of carbonyl (C=O) groups is 1. The third kappa shape index (κ3) is 4.22. The Hall–Kier alpha value is -2.98. The molecule has 29 heavy (non-hydrogen) atoms. The van der Waals surface area contributed by atoms with Crippen molar-refractivity contribution in [1.29, 1.82) is 0 Å². The molecule has 2 aromatic carbocycles. The predicted octanol–water partition coefficient (Wildman–Crippen LogP) is 1.74. The lowest BCUT2D eigenvalue weighted by Crippen LogP contribution is -2.48. The minimum atomic E-state index is -4.69. The van der Waals surface area contributed by atoms with Gasteiger partial charge in [0, 0.05) is 38.3 Å². The standard InChI is InChI=1S/C19H18FN3O5S/c20-29(26,27)15-4-1-13(2-5-15)12-22-7-9-23(10-8-22)18(24)14-3-6-16-17(11-14)28-19(25)21-16/h1-6,11H,7-10,12H2,(H,21,25). The Morgan fingerprint density at radius 2 is 1.76 bits per heavy atom. The van der Waals surface area contributed by atoms with E-state index in [2.05, 4.69) is 9.88 Å². The van der Waals surface area contributed by atoms with Crippen LogP contribution in [0.2, 0.25) is 0 Å². The zero-order valence-corrected chi connectivity index (χ0v) is 16.1. The van der Waals surface area contributed by atoms with Crippen molar-refractivity contribution in [3.8, 4) is 0 Å². The predicted molar refractivity (Wildman–Crippen MR) is 103 cm³/mol.